The number of fused-ring (bicyclic) bond motifs is 1. The van der Waals surface area contributed by atoms with Gasteiger partial charge in [-0.25, -0.2) is 4.79 Å². The fraction of sp³-hybridized carbons (Fsp3) is 0.529. The summed E-state index contributed by atoms with van der Waals surface area (Å²) in [7, 11) is 0. The van der Waals surface area contributed by atoms with Crippen LogP contribution in [0.2, 0.25) is 0 Å². The Balaban J connectivity index is 1.35. The Hall–Kier alpha value is -2.04. The van der Waals surface area contributed by atoms with E-state index in [1.54, 1.807) is 0 Å². The SMILES string of the molecule is O=C(CNC(=O)NCC1CCc2ccccc21)NCC1CC1. The van der Waals surface area contributed by atoms with E-state index in [2.05, 4.69) is 34.1 Å². The molecule has 0 aromatic heterocycles. The number of hydrogen-bond acceptors (Lipinski definition) is 2. The van der Waals surface area contributed by atoms with Crippen molar-refractivity contribution >= 4 is 11.9 Å². The lowest BCUT2D eigenvalue weighted by Gasteiger charge is -2.13. The van der Waals surface area contributed by atoms with Crippen molar-refractivity contribution in [1.82, 2.24) is 16.0 Å². The van der Waals surface area contributed by atoms with Gasteiger partial charge in [0, 0.05) is 19.0 Å². The molecule has 2 aliphatic rings. The molecule has 5 nitrogen and oxygen atoms in total. The minimum Gasteiger partial charge on any atom is -0.354 e. The largest absolute Gasteiger partial charge is 0.354 e. The van der Waals surface area contributed by atoms with Crippen LogP contribution in [0.5, 0.6) is 0 Å². The summed E-state index contributed by atoms with van der Waals surface area (Å²) >= 11 is 0. The molecule has 1 fully saturated rings. The highest BCUT2D eigenvalue weighted by molar-refractivity contribution is 5.83. The van der Waals surface area contributed by atoms with Gasteiger partial charge in [-0.3, -0.25) is 4.79 Å². The van der Waals surface area contributed by atoms with Crippen molar-refractivity contribution in [2.24, 2.45) is 5.92 Å². The van der Waals surface area contributed by atoms with E-state index in [-0.39, 0.29) is 18.5 Å². The van der Waals surface area contributed by atoms with Crippen LogP contribution >= 0.6 is 0 Å². The highest BCUT2D eigenvalue weighted by atomic mass is 16.2. The summed E-state index contributed by atoms with van der Waals surface area (Å²) in [4.78, 5) is 23.3. The fourth-order valence-electron chi connectivity index (χ4n) is 2.94. The van der Waals surface area contributed by atoms with E-state index in [0.29, 0.717) is 18.4 Å². The monoisotopic (exact) mass is 301 g/mol. The van der Waals surface area contributed by atoms with Crippen LogP contribution in [-0.4, -0.2) is 31.6 Å². The van der Waals surface area contributed by atoms with Gasteiger partial charge in [0.1, 0.15) is 0 Å². The predicted octanol–water partition coefficient (Wildman–Crippen LogP) is 1.54. The Morgan fingerprint density at radius 1 is 1.00 bits per heavy atom. The lowest BCUT2D eigenvalue weighted by molar-refractivity contribution is -0.120. The van der Waals surface area contributed by atoms with Crippen LogP contribution in [0.1, 0.15) is 36.3 Å². The number of carbonyl (C=O) groups is 2. The van der Waals surface area contributed by atoms with Gasteiger partial charge in [0.05, 0.1) is 6.54 Å². The summed E-state index contributed by atoms with van der Waals surface area (Å²) < 4.78 is 0. The topological polar surface area (TPSA) is 70.2 Å². The zero-order valence-corrected chi connectivity index (χ0v) is 12.7. The van der Waals surface area contributed by atoms with Crippen LogP contribution in [0.3, 0.4) is 0 Å². The van der Waals surface area contributed by atoms with Gasteiger partial charge in [0.15, 0.2) is 0 Å². The standard InChI is InChI=1S/C17H23N3O2/c21-16(18-9-12-5-6-12)11-20-17(22)19-10-14-8-7-13-3-1-2-4-15(13)14/h1-4,12,14H,5-11H2,(H,18,21)(H2,19,20,22). The lowest BCUT2D eigenvalue weighted by atomic mass is 10.0. The third kappa shape index (κ3) is 4.00. The molecule has 2 aliphatic carbocycles. The van der Waals surface area contributed by atoms with Crippen molar-refractivity contribution in [3.05, 3.63) is 35.4 Å². The number of hydrogen-bond donors (Lipinski definition) is 3. The first-order chi connectivity index (χ1) is 10.7. The maximum atomic E-state index is 11.8. The Bertz CT molecular complexity index is 555. The van der Waals surface area contributed by atoms with E-state index in [4.69, 9.17) is 0 Å². The zero-order chi connectivity index (χ0) is 15.4. The Morgan fingerprint density at radius 3 is 2.64 bits per heavy atom. The van der Waals surface area contributed by atoms with Crippen LogP contribution < -0.4 is 16.0 Å². The third-order valence-corrected chi connectivity index (χ3v) is 4.46. The summed E-state index contributed by atoms with van der Waals surface area (Å²) in [6.45, 7) is 1.40. The van der Waals surface area contributed by atoms with Crippen molar-refractivity contribution in [3.63, 3.8) is 0 Å². The molecular weight excluding hydrogens is 278 g/mol. The molecular formula is C17H23N3O2. The predicted molar refractivity (Wildman–Crippen MR) is 84.6 cm³/mol. The molecule has 118 valence electrons. The smallest absolute Gasteiger partial charge is 0.315 e. The number of rotatable bonds is 6. The summed E-state index contributed by atoms with van der Waals surface area (Å²) in [5, 5.41) is 8.31. The molecule has 0 aliphatic heterocycles. The van der Waals surface area contributed by atoms with E-state index in [9.17, 15) is 9.59 Å². The van der Waals surface area contributed by atoms with Gasteiger partial charge >= 0.3 is 6.03 Å². The minimum absolute atomic E-state index is 0.0415. The number of urea groups is 1. The summed E-state index contributed by atoms with van der Waals surface area (Å²) in [5.41, 5.74) is 2.72. The van der Waals surface area contributed by atoms with Crippen molar-refractivity contribution < 1.29 is 9.59 Å². The van der Waals surface area contributed by atoms with E-state index in [1.165, 1.54) is 24.0 Å². The van der Waals surface area contributed by atoms with E-state index in [0.717, 1.165) is 19.4 Å². The molecule has 22 heavy (non-hydrogen) atoms. The van der Waals surface area contributed by atoms with Crippen LogP contribution in [0.25, 0.3) is 0 Å². The fourth-order valence-corrected chi connectivity index (χ4v) is 2.94. The maximum absolute atomic E-state index is 11.8. The second-order valence-corrected chi connectivity index (χ2v) is 6.25. The maximum Gasteiger partial charge on any atom is 0.315 e. The van der Waals surface area contributed by atoms with E-state index < -0.39 is 0 Å². The van der Waals surface area contributed by atoms with Gasteiger partial charge in [-0.15, -0.1) is 0 Å². The van der Waals surface area contributed by atoms with Crippen LogP contribution in [0, 0.1) is 5.92 Å². The van der Waals surface area contributed by atoms with Gasteiger partial charge in [-0.1, -0.05) is 24.3 Å². The third-order valence-electron chi connectivity index (χ3n) is 4.46. The minimum atomic E-state index is -0.272. The quantitative estimate of drug-likeness (QED) is 0.746. The van der Waals surface area contributed by atoms with Crippen LogP contribution in [-0.2, 0) is 11.2 Å². The number of carbonyl (C=O) groups excluding carboxylic acids is 2. The summed E-state index contributed by atoms with van der Waals surface area (Å²) in [6.07, 6.45) is 4.56. The number of benzene rings is 1. The number of amides is 3. The molecule has 1 atom stereocenters. The Morgan fingerprint density at radius 2 is 1.82 bits per heavy atom. The first kappa shape index (κ1) is 14.9. The molecule has 1 aromatic rings. The van der Waals surface area contributed by atoms with E-state index in [1.807, 2.05) is 6.07 Å². The van der Waals surface area contributed by atoms with E-state index >= 15 is 0 Å². The summed E-state index contributed by atoms with van der Waals surface area (Å²) in [5.74, 6) is 0.916. The van der Waals surface area contributed by atoms with Gasteiger partial charge in [-0.05, 0) is 42.7 Å². The van der Waals surface area contributed by atoms with Gasteiger partial charge in [-0.2, -0.15) is 0 Å². The molecule has 0 bridgehead atoms. The molecule has 1 unspecified atom stereocenters. The molecule has 0 heterocycles. The van der Waals surface area contributed by atoms with Crippen molar-refractivity contribution in [2.45, 2.75) is 31.6 Å². The van der Waals surface area contributed by atoms with Gasteiger partial charge < -0.3 is 16.0 Å². The average Bonchev–Trinajstić information content (AvgIpc) is 3.28. The van der Waals surface area contributed by atoms with Crippen molar-refractivity contribution in [1.29, 1.82) is 0 Å². The molecule has 1 aromatic carbocycles. The average molecular weight is 301 g/mol. The molecule has 5 heteroatoms. The molecule has 0 radical (unpaired) electrons. The molecule has 3 amide bonds. The second-order valence-electron chi connectivity index (χ2n) is 6.25. The Kier molecular flexibility index (Phi) is 4.61. The lowest BCUT2D eigenvalue weighted by Crippen LogP contribution is -2.43. The molecule has 3 rings (SSSR count). The van der Waals surface area contributed by atoms with Crippen molar-refractivity contribution in [2.75, 3.05) is 19.6 Å². The summed E-state index contributed by atoms with van der Waals surface area (Å²) in [6, 6.07) is 8.12. The molecule has 1 saturated carbocycles. The van der Waals surface area contributed by atoms with Gasteiger partial charge in [0.2, 0.25) is 5.91 Å². The highest BCUT2D eigenvalue weighted by Gasteiger charge is 2.23. The van der Waals surface area contributed by atoms with Crippen LogP contribution in [0.15, 0.2) is 24.3 Å². The Labute approximate surface area is 130 Å². The normalized spacial score (nSPS) is 19.4. The number of aryl methyl sites for hydroxylation is 1. The number of nitrogens with one attached hydrogen (secondary N) is 3. The molecule has 0 saturated heterocycles. The first-order valence-electron chi connectivity index (χ1n) is 8.08. The van der Waals surface area contributed by atoms with Gasteiger partial charge in [0.25, 0.3) is 0 Å². The van der Waals surface area contributed by atoms with Crippen molar-refractivity contribution in [3.8, 4) is 0 Å². The highest BCUT2D eigenvalue weighted by Crippen LogP contribution is 2.32. The first-order valence-corrected chi connectivity index (χ1v) is 8.08. The zero-order valence-electron chi connectivity index (χ0n) is 12.7. The molecule has 0 spiro atoms. The molecule has 3 N–H and O–H groups in total. The van der Waals surface area contributed by atoms with Crippen LogP contribution in [0.4, 0.5) is 4.79 Å². The second kappa shape index (κ2) is 6.81.